The molecule has 1 saturated heterocycles. The quantitative estimate of drug-likeness (QED) is 0.867. The van der Waals surface area contributed by atoms with Crippen LogP contribution < -0.4 is 15.5 Å². The fourth-order valence-corrected chi connectivity index (χ4v) is 2.84. The largest absolute Gasteiger partial charge is 0.384 e. The number of nitrogens with one attached hydrogen (secondary N) is 2. The lowest BCUT2D eigenvalue weighted by Crippen LogP contribution is -2.47. The number of piperidine rings is 1. The van der Waals surface area contributed by atoms with Crippen LogP contribution in [0.2, 0.25) is 0 Å². The van der Waals surface area contributed by atoms with Crippen molar-refractivity contribution in [3.05, 3.63) is 24.3 Å². The fraction of sp³-hybridized carbons (Fsp3) is 0.562. The summed E-state index contributed by atoms with van der Waals surface area (Å²) in [6, 6.07) is 7.85. The number of amides is 1. The van der Waals surface area contributed by atoms with Gasteiger partial charge in [-0.15, -0.1) is 0 Å². The van der Waals surface area contributed by atoms with E-state index in [1.165, 1.54) is 0 Å². The van der Waals surface area contributed by atoms with Crippen LogP contribution in [0.5, 0.6) is 0 Å². The van der Waals surface area contributed by atoms with Crippen molar-refractivity contribution in [3.63, 3.8) is 0 Å². The van der Waals surface area contributed by atoms with Gasteiger partial charge in [-0.2, -0.15) is 0 Å². The molecule has 0 saturated carbocycles. The van der Waals surface area contributed by atoms with E-state index in [1.807, 2.05) is 43.3 Å². The summed E-state index contributed by atoms with van der Waals surface area (Å²) < 4.78 is 5.32. The first-order valence-corrected chi connectivity index (χ1v) is 7.36. The van der Waals surface area contributed by atoms with Crippen LogP contribution in [0.4, 0.5) is 11.4 Å². The molecule has 1 aromatic carbocycles. The van der Waals surface area contributed by atoms with E-state index in [1.54, 1.807) is 7.11 Å². The van der Waals surface area contributed by atoms with Gasteiger partial charge in [-0.3, -0.25) is 4.79 Å². The molecule has 116 valence electrons. The summed E-state index contributed by atoms with van der Waals surface area (Å²) in [5.41, 5.74) is 1.42. The van der Waals surface area contributed by atoms with E-state index >= 15 is 0 Å². The van der Waals surface area contributed by atoms with Crippen LogP contribution in [0, 0.1) is 5.41 Å². The molecule has 0 radical (unpaired) electrons. The van der Waals surface area contributed by atoms with E-state index in [4.69, 9.17) is 4.74 Å². The molecule has 0 atom stereocenters. The molecule has 1 amide bonds. The van der Waals surface area contributed by atoms with E-state index in [9.17, 15) is 4.79 Å². The van der Waals surface area contributed by atoms with Gasteiger partial charge in [0.2, 0.25) is 5.91 Å². The van der Waals surface area contributed by atoms with Gasteiger partial charge in [0.05, 0.1) is 23.4 Å². The van der Waals surface area contributed by atoms with Crippen molar-refractivity contribution in [2.24, 2.45) is 5.41 Å². The Hall–Kier alpha value is -1.59. The Morgan fingerprint density at radius 2 is 2.00 bits per heavy atom. The molecule has 1 aromatic rings. The highest BCUT2D eigenvalue weighted by molar-refractivity contribution is 5.98. The third-order valence-electron chi connectivity index (χ3n) is 4.10. The number of anilines is 2. The molecular weight excluding hydrogens is 266 g/mol. The van der Waals surface area contributed by atoms with Gasteiger partial charge < -0.3 is 20.3 Å². The molecule has 0 bridgehead atoms. The van der Waals surface area contributed by atoms with Crippen LogP contribution in [0.1, 0.15) is 12.8 Å². The third kappa shape index (κ3) is 3.54. The van der Waals surface area contributed by atoms with E-state index in [0.29, 0.717) is 6.61 Å². The van der Waals surface area contributed by atoms with Crippen molar-refractivity contribution >= 4 is 17.3 Å². The Morgan fingerprint density at radius 3 is 2.62 bits per heavy atom. The molecule has 1 heterocycles. The molecule has 0 aromatic heterocycles. The molecule has 2 N–H and O–H groups in total. The van der Waals surface area contributed by atoms with E-state index in [0.717, 1.165) is 37.3 Å². The zero-order valence-corrected chi connectivity index (χ0v) is 13.1. The number of rotatable bonds is 5. The minimum Gasteiger partial charge on any atom is -0.384 e. The van der Waals surface area contributed by atoms with Crippen molar-refractivity contribution in [1.29, 1.82) is 0 Å². The highest BCUT2D eigenvalue weighted by atomic mass is 16.5. The number of carbonyl (C=O) groups is 1. The maximum absolute atomic E-state index is 12.8. The van der Waals surface area contributed by atoms with Gasteiger partial charge in [0.15, 0.2) is 0 Å². The molecule has 5 nitrogen and oxygen atoms in total. The molecule has 1 aliphatic heterocycles. The second kappa shape index (κ2) is 6.91. The van der Waals surface area contributed by atoms with Gasteiger partial charge in [0, 0.05) is 21.2 Å². The minimum absolute atomic E-state index is 0.0557. The van der Waals surface area contributed by atoms with Crippen LogP contribution in [-0.4, -0.2) is 46.8 Å². The van der Waals surface area contributed by atoms with Gasteiger partial charge >= 0.3 is 0 Å². The highest BCUT2D eigenvalue weighted by Crippen LogP contribution is 2.32. The predicted molar refractivity (Wildman–Crippen MR) is 85.8 cm³/mol. The molecule has 0 spiro atoms. The summed E-state index contributed by atoms with van der Waals surface area (Å²) >= 11 is 0. The van der Waals surface area contributed by atoms with Gasteiger partial charge in [0.1, 0.15) is 0 Å². The first kappa shape index (κ1) is 15.8. The molecule has 0 aliphatic carbocycles. The van der Waals surface area contributed by atoms with Crippen LogP contribution in [0.15, 0.2) is 24.3 Å². The minimum atomic E-state index is -0.431. The Morgan fingerprint density at radius 1 is 1.33 bits per heavy atom. The van der Waals surface area contributed by atoms with E-state index in [-0.39, 0.29) is 5.91 Å². The number of nitrogens with zero attached hydrogens (tertiary/aromatic N) is 1. The Kier molecular flexibility index (Phi) is 5.20. The van der Waals surface area contributed by atoms with Gasteiger partial charge in [-0.25, -0.2) is 0 Å². The normalized spacial score (nSPS) is 17.3. The van der Waals surface area contributed by atoms with Gasteiger partial charge in [-0.05, 0) is 38.1 Å². The zero-order valence-electron chi connectivity index (χ0n) is 13.1. The standard InChI is InChI=1S/C16H25N3O2/c1-19(2)14-7-5-4-6-13(14)18-15(20)16(12-21-3)8-10-17-11-9-16/h4-7,17H,8-12H2,1-3H3,(H,18,20). The Balaban J connectivity index is 2.19. The number of hydrogen-bond donors (Lipinski definition) is 2. The van der Waals surface area contributed by atoms with Crippen LogP contribution in [0.3, 0.4) is 0 Å². The van der Waals surface area contributed by atoms with Crippen LogP contribution in [0.25, 0.3) is 0 Å². The summed E-state index contributed by atoms with van der Waals surface area (Å²) in [7, 11) is 5.60. The van der Waals surface area contributed by atoms with Crippen LogP contribution in [-0.2, 0) is 9.53 Å². The van der Waals surface area contributed by atoms with Gasteiger partial charge in [-0.1, -0.05) is 12.1 Å². The average molecular weight is 291 g/mol. The summed E-state index contributed by atoms with van der Waals surface area (Å²) in [4.78, 5) is 14.8. The monoisotopic (exact) mass is 291 g/mol. The predicted octanol–water partition coefficient (Wildman–Crippen LogP) is 1.71. The molecule has 2 rings (SSSR count). The van der Waals surface area contributed by atoms with Crippen molar-refractivity contribution in [2.75, 3.05) is 51.1 Å². The van der Waals surface area contributed by atoms with Crippen LogP contribution >= 0.6 is 0 Å². The summed E-state index contributed by atoms with van der Waals surface area (Å²) in [5.74, 6) is 0.0557. The SMILES string of the molecule is COCC1(C(=O)Nc2ccccc2N(C)C)CCNCC1. The maximum atomic E-state index is 12.8. The second-order valence-corrected chi connectivity index (χ2v) is 5.83. The zero-order chi connectivity index (χ0) is 15.3. The average Bonchev–Trinajstić information content (AvgIpc) is 2.49. The molecule has 21 heavy (non-hydrogen) atoms. The smallest absolute Gasteiger partial charge is 0.233 e. The molecule has 0 unspecified atom stereocenters. The molecule has 5 heteroatoms. The van der Waals surface area contributed by atoms with Crippen molar-refractivity contribution in [2.45, 2.75) is 12.8 Å². The first-order valence-electron chi connectivity index (χ1n) is 7.36. The maximum Gasteiger partial charge on any atom is 0.233 e. The van der Waals surface area contributed by atoms with Crippen molar-refractivity contribution in [1.82, 2.24) is 5.32 Å². The van der Waals surface area contributed by atoms with E-state index < -0.39 is 5.41 Å². The lowest BCUT2D eigenvalue weighted by Gasteiger charge is -2.35. The topological polar surface area (TPSA) is 53.6 Å². The van der Waals surface area contributed by atoms with E-state index in [2.05, 4.69) is 10.6 Å². The summed E-state index contributed by atoms with van der Waals surface area (Å²) in [6.45, 7) is 2.17. The molecule has 1 fully saturated rings. The highest BCUT2D eigenvalue weighted by Gasteiger charge is 2.39. The number of benzene rings is 1. The second-order valence-electron chi connectivity index (χ2n) is 5.83. The number of hydrogen-bond acceptors (Lipinski definition) is 4. The fourth-order valence-electron chi connectivity index (χ4n) is 2.84. The lowest BCUT2D eigenvalue weighted by atomic mass is 9.78. The molecule has 1 aliphatic rings. The Labute approximate surface area is 126 Å². The third-order valence-corrected chi connectivity index (χ3v) is 4.10. The molecular formula is C16H25N3O2. The van der Waals surface area contributed by atoms with Crippen molar-refractivity contribution in [3.8, 4) is 0 Å². The Bertz CT molecular complexity index is 477. The number of carbonyl (C=O) groups excluding carboxylic acids is 1. The number of methoxy groups -OCH3 is 1. The van der Waals surface area contributed by atoms with Crippen molar-refractivity contribution < 1.29 is 9.53 Å². The van der Waals surface area contributed by atoms with Gasteiger partial charge in [0.25, 0.3) is 0 Å². The lowest BCUT2D eigenvalue weighted by molar-refractivity contribution is -0.130. The first-order chi connectivity index (χ1) is 10.1. The summed E-state index contributed by atoms with van der Waals surface area (Å²) in [6.07, 6.45) is 1.60. The number of para-hydroxylation sites is 2. The number of ether oxygens (including phenoxy) is 1. The summed E-state index contributed by atoms with van der Waals surface area (Å²) in [5, 5.41) is 6.40.